The first-order valence-electron chi connectivity index (χ1n) is 9.25. The number of aryl methyl sites for hydroxylation is 4. The number of imidazole rings is 1. The highest BCUT2D eigenvalue weighted by Crippen LogP contribution is 2.27. The molecule has 0 fully saturated rings. The predicted molar refractivity (Wildman–Crippen MR) is 110 cm³/mol. The SMILES string of the molecule is Cc1cc2ncccc2c2nc(CCc3ccc4ccccc4n3)n(C)c12. The molecule has 0 aliphatic carbocycles. The third kappa shape index (κ3) is 2.65. The fourth-order valence-corrected chi connectivity index (χ4v) is 3.90. The standard InChI is InChI=1S/C23H20N4/c1-15-14-20-18(7-5-13-24-20)22-23(15)27(2)21(26-22)12-11-17-10-9-16-6-3-4-8-19(16)25-17/h3-10,13-14H,11-12H2,1-2H3. The van der Waals surface area contributed by atoms with Crippen LogP contribution in [0.15, 0.2) is 60.8 Å². The quantitative estimate of drug-likeness (QED) is 0.470. The van der Waals surface area contributed by atoms with Crippen LogP contribution >= 0.6 is 0 Å². The summed E-state index contributed by atoms with van der Waals surface area (Å²) in [6.07, 6.45) is 3.57. The number of nitrogens with zero attached hydrogens (tertiary/aromatic N) is 4. The third-order valence-corrected chi connectivity index (χ3v) is 5.27. The van der Waals surface area contributed by atoms with Crippen LogP contribution in [0.5, 0.6) is 0 Å². The largest absolute Gasteiger partial charge is 0.331 e. The Hall–Kier alpha value is -3.27. The molecule has 2 aromatic carbocycles. The van der Waals surface area contributed by atoms with Gasteiger partial charge < -0.3 is 4.57 Å². The Kier molecular flexibility index (Phi) is 3.64. The third-order valence-electron chi connectivity index (χ3n) is 5.27. The van der Waals surface area contributed by atoms with Gasteiger partial charge in [0, 0.05) is 36.1 Å². The maximum Gasteiger partial charge on any atom is 0.110 e. The van der Waals surface area contributed by atoms with Crippen LogP contribution in [0.25, 0.3) is 32.8 Å². The van der Waals surface area contributed by atoms with Crippen molar-refractivity contribution in [2.24, 2.45) is 7.05 Å². The number of hydrogen-bond donors (Lipinski definition) is 0. The van der Waals surface area contributed by atoms with Gasteiger partial charge in [-0.1, -0.05) is 24.3 Å². The van der Waals surface area contributed by atoms with Gasteiger partial charge in [-0.15, -0.1) is 0 Å². The van der Waals surface area contributed by atoms with Crippen molar-refractivity contribution in [2.45, 2.75) is 19.8 Å². The van der Waals surface area contributed by atoms with E-state index in [0.29, 0.717) is 0 Å². The first-order chi connectivity index (χ1) is 13.2. The Balaban J connectivity index is 1.53. The van der Waals surface area contributed by atoms with E-state index in [2.05, 4.69) is 59.9 Å². The number of benzene rings is 2. The van der Waals surface area contributed by atoms with Crippen LogP contribution in [0.3, 0.4) is 0 Å². The Morgan fingerprint density at radius 3 is 2.70 bits per heavy atom. The van der Waals surface area contributed by atoms with Crippen LogP contribution in [0.1, 0.15) is 17.1 Å². The number of pyridine rings is 2. The minimum Gasteiger partial charge on any atom is -0.331 e. The lowest BCUT2D eigenvalue weighted by Crippen LogP contribution is -2.02. The fraction of sp³-hybridized carbons (Fsp3) is 0.174. The van der Waals surface area contributed by atoms with Crippen molar-refractivity contribution in [3.05, 3.63) is 77.9 Å². The minimum absolute atomic E-state index is 0.859. The first-order valence-corrected chi connectivity index (χ1v) is 9.25. The van der Waals surface area contributed by atoms with Crippen LogP contribution in [0.4, 0.5) is 0 Å². The second kappa shape index (κ2) is 6.16. The average Bonchev–Trinajstić information content (AvgIpc) is 3.03. The molecule has 0 N–H and O–H groups in total. The molecule has 0 amide bonds. The number of aromatic nitrogens is 4. The monoisotopic (exact) mass is 352 g/mol. The van der Waals surface area contributed by atoms with Crippen molar-refractivity contribution in [3.8, 4) is 0 Å². The summed E-state index contributed by atoms with van der Waals surface area (Å²) in [5.74, 6) is 1.08. The molecule has 0 aliphatic heterocycles. The van der Waals surface area contributed by atoms with E-state index in [1.165, 1.54) is 16.5 Å². The van der Waals surface area contributed by atoms with Gasteiger partial charge in [-0.2, -0.15) is 0 Å². The lowest BCUT2D eigenvalue weighted by molar-refractivity contribution is 0.777. The van der Waals surface area contributed by atoms with E-state index < -0.39 is 0 Å². The summed E-state index contributed by atoms with van der Waals surface area (Å²) in [4.78, 5) is 14.3. The van der Waals surface area contributed by atoms with Gasteiger partial charge >= 0.3 is 0 Å². The maximum atomic E-state index is 4.97. The highest BCUT2D eigenvalue weighted by atomic mass is 15.1. The highest BCUT2D eigenvalue weighted by Gasteiger charge is 2.14. The van der Waals surface area contributed by atoms with Crippen molar-refractivity contribution in [2.75, 3.05) is 0 Å². The van der Waals surface area contributed by atoms with E-state index >= 15 is 0 Å². The average molecular weight is 352 g/mol. The van der Waals surface area contributed by atoms with Crippen molar-refractivity contribution in [3.63, 3.8) is 0 Å². The predicted octanol–water partition coefficient (Wildman–Crippen LogP) is 4.76. The summed E-state index contributed by atoms with van der Waals surface area (Å²) in [7, 11) is 2.10. The molecule has 3 heterocycles. The van der Waals surface area contributed by atoms with Crippen molar-refractivity contribution < 1.29 is 0 Å². The zero-order valence-electron chi connectivity index (χ0n) is 15.5. The van der Waals surface area contributed by atoms with Gasteiger partial charge in [0.1, 0.15) is 5.82 Å². The van der Waals surface area contributed by atoms with Gasteiger partial charge in [0.25, 0.3) is 0 Å². The molecule has 3 aromatic heterocycles. The molecular formula is C23H20N4. The second-order valence-corrected chi connectivity index (χ2v) is 7.04. The van der Waals surface area contributed by atoms with Gasteiger partial charge in [-0.05, 0) is 49.2 Å². The van der Waals surface area contributed by atoms with E-state index in [1.54, 1.807) is 0 Å². The summed E-state index contributed by atoms with van der Waals surface area (Å²) in [5, 5.41) is 2.29. The lowest BCUT2D eigenvalue weighted by Gasteiger charge is -2.06. The van der Waals surface area contributed by atoms with E-state index in [0.717, 1.165) is 46.3 Å². The fourth-order valence-electron chi connectivity index (χ4n) is 3.90. The number of para-hydroxylation sites is 1. The molecule has 132 valence electrons. The Morgan fingerprint density at radius 2 is 1.78 bits per heavy atom. The van der Waals surface area contributed by atoms with Gasteiger partial charge in [0.2, 0.25) is 0 Å². The maximum absolute atomic E-state index is 4.97. The van der Waals surface area contributed by atoms with Crippen molar-refractivity contribution >= 4 is 32.8 Å². The molecule has 0 unspecified atom stereocenters. The van der Waals surface area contributed by atoms with E-state index in [9.17, 15) is 0 Å². The lowest BCUT2D eigenvalue weighted by atomic mass is 10.1. The normalized spacial score (nSPS) is 11.6. The van der Waals surface area contributed by atoms with E-state index in [1.807, 2.05) is 24.4 Å². The highest BCUT2D eigenvalue weighted by molar-refractivity contribution is 6.04. The topological polar surface area (TPSA) is 43.6 Å². The molecule has 4 nitrogen and oxygen atoms in total. The molecule has 27 heavy (non-hydrogen) atoms. The minimum atomic E-state index is 0.859. The zero-order chi connectivity index (χ0) is 18.4. The van der Waals surface area contributed by atoms with Gasteiger partial charge in [0.15, 0.2) is 0 Å². The zero-order valence-corrected chi connectivity index (χ0v) is 15.5. The van der Waals surface area contributed by atoms with E-state index in [-0.39, 0.29) is 0 Å². The molecule has 0 aliphatic rings. The number of hydrogen-bond acceptors (Lipinski definition) is 3. The molecule has 5 aromatic rings. The Labute approximate surface area is 157 Å². The molecule has 0 radical (unpaired) electrons. The summed E-state index contributed by atoms with van der Waals surface area (Å²) in [5.41, 5.74) is 6.60. The van der Waals surface area contributed by atoms with Gasteiger partial charge in [-0.25, -0.2) is 4.98 Å². The molecule has 0 bridgehead atoms. The Bertz CT molecular complexity index is 1300. The summed E-state index contributed by atoms with van der Waals surface area (Å²) >= 11 is 0. The van der Waals surface area contributed by atoms with Crippen molar-refractivity contribution in [1.82, 2.24) is 19.5 Å². The molecule has 5 rings (SSSR count). The van der Waals surface area contributed by atoms with Crippen LogP contribution in [0, 0.1) is 6.92 Å². The molecule has 0 spiro atoms. The molecular weight excluding hydrogens is 332 g/mol. The van der Waals surface area contributed by atoms with E-state index in [4.69, 9.17) is 9.97 Å². The summed E-state index contributed by atoms with van der Waals surface area (Å²) in [6.45, 7) is 2.13. The summed E-state index contributed by atoms with van der Waals surface area (Å²) in [6, 6.07) is 18.7. The van der Waals surface area contributed by atoms with Crippen LogP contribution in [-0.2, 0) is 19.9 Å². The number of rotatable bonds is 3. The van der Waals surface area contributed by atoms with Crippen LogP contribution < -0.4 is 0 Å². The van der Waals surface area contributed by atoms with Gasteiger partial charge in [-0.3, -0.25) is 9.97 Å². The van der Waals surface area contributed by atoms with Crippen LogP contribution in [0.2, 0.25) is 0 Å². The van der Waals surface area contributed by atoms with Crippen LogP contribution in [-0.4, -0.2) is 19.5 Å². The first kappa shape index (κ1) is 15.9. The number of fused-ring (bicyclic) bond motifs is 4. The van der Waals surface area contributed by atoms with Gasteiger partial charge in [0.05, 0.1) is 22.1 Å². The smallest absolute Gasteiger partial charge is 0.110 e. The molecule has 0 atom stereocenters. The second-order valence-electron chi connectivity index (χ2n) is 7.04. The molecule has 0 saturated carbocycles. The molecule has 4 heteroatoms. The van der Waals surface area contributed by atoms with Crippen molar-refractivity contribution in [1.29, 1.82) is 0 Å². The summed E-state index contributed by atoms with van der Waals surface area (Å²) < 4.78 is 2.22. The Morgan fingerprint density at radius 1 is 0.889 bits per heavy atom. The molecule has 0 saturated heterocycles.